The van der Waals surface area contributed by atoms with Gasteiger partial charge in [0.05, 0.1) is 6.61 Å². The summed E-state index contributed by atoms with van der Waals surface area (Å²) in [6, 6.07) is 8.36. The molecular weight excluding hydrogens is 432 g/mol. The molecule has 9 nitrogen and oxygen atoms in total. The van der Waals surface area contributed by atoms with Crippen molar-refractivity contribution in [2.45, 2.75) is 33.7 Å². The first-order valence-electron chi connectivity index (χ1n) is 12.2. The monoisotopic (exact) mass is 468 g/mol. The van der Waals surface area contributed by atoms with Gasteiger partial charge in [0.1, 0.15) is 0 Å². The van der Waals surface area contributed by atoms with Crippen LogP contribution in [0.25, 0.3) is 22.3 Å². The smallest absolute Gasteiger partial charge is 0.409 e. The lowest BCUT2D eigenvalue weighted by atomic mass is 10.1. The number of hydrogen-bond acceptors (Lipinski definition) is 6. The van der Waals surface area contributed by atoms with Gasteiger partial charge in [0.2, 0.25) is 5.95 Å². The maximum atomic E-state index is 12.1. The number of nitrogens with zero attached hydrogens (tertiary/aromatic N) is 6. The number of rotatable bonds is 9. The molecule has 1 saturated heterocycles. The first kappa shape index (κ1) is 24.1. The van der Waals surface area contributed by atoms with E-state index in [9.17, 15) is 4.79 Å². The molecule has 0 spiro atoms. The highest BCUT2D eigenvalue weighted by atomic mass is 16.6. The summed E-state index contributed by atoms with van der Waals surface area (Å²) in [6.45, 7) is 11.3. The Labute approximate surface area is 201 Å². The van der Waals surface area contributed by atoms with Crippen LogP contribution in [0.2, 0.25) is 0 Å². The van der Waals surface area contributed by atoms with Crippen LogP contribution in [0.1, 0.15) is 27.2 Å². The van der Waals surface area contributed by atoms with Crippen molar-refractivity contribution in [3.63, 3.8) is 0 Å². The number of carbonyl (C=O) groups excluding carboxylic acids is 1. The molecule has 0 atom stereocenters. The van der Waals surface area contributed by atoms with Gasteiger partial charge in [0, 0.05) is 75.6 Å². The van der Waals surface area contributed by atoms with Crippen LogP contribution < -0.4 is 4.90 Å². The van der Waals surface area contributed by atoms with Crippen LogP contribution in [0.5, 0.6) is 0 Å². The van der Waals surface area contributed by atoms with Crippen molar-refractivity contribution in [3.05, 3.63) is 30.5 Å². The third-order valence-electron chi connectivity index (χ3n) is 6.08. The molecule has 0 unspecified atom stereocenters. The summed E-state index contributed by atoms with van der Waals surface area (Å²) >= 11 is 0. The van der Waals surface area contributed by atoms with Crippen LogP contribution in [0.3, 0.4) is 0 Å². The lowest BCUT2D eigenvalue weighted by molar-refractivity contribution is 0.104. The molecule has 184 valence electrons. The fourth-order valence-corrected chi connectivity index (χ4v) is 4.40. The Bertz CT molecular complexity index is 1100. The number of anilines is 1. The van der Waals surface area contributed by atoms with E-state index < -0.39 is 0 Å². The summed E-state index contributed by atoms with van der Waals surface area (Å²) in [4.78, 5) is 16.1. The molecule has 1 aliphatic heterocycles. The Morgan fingerprint density at radius 1 is 1.12 bits per heavy atom. The van der Waals surface area contributed by atoms with Crippen LogP contribution in [0.15, 0.2) is 30.5 Å². The number of hydrogen-bond donors (Lipinski definition) is 0. The summed E-state index contributed by atoms with van der Waals surface area (Å²) in [5.41, 5.74) is 2.24. The van der Waals surface area contributed by atoms with Crippen LogP contribution in [-0.2, 0) is 23.1 Å². The highest BCUT2D eigenvalue weighted by Crippen LogP contribution is 2.31. The summed E-state index contributed by atoms with van der Waals surface area (Å²) in [7, 11) is 2.06. The third kappa shape index (κ3) is 5.19. The van der Waals surface area contributed by atoms with E-state index in [1.165, 1.54) is 0 Å². The van der Waals surface area contributed by atoms with Crippen molar-refractivity contribution in [1.82, 2.24) is 24.2 Å². The molecule has 4 rings (SSSR count). The highest BCUT2D eigenvalue weighted by molar-refractivity contribution is 5.94. The van der Waals surface area contributed by atoms with Crippen molar-refractivity contribution < 1.29 is 14.3 Å². The number of fused-ring (bicyclic) bond motifs is 1. The Balaban J connectivity index is 1.58. The summed E-state index contributed by atoms with van der Waals surface area (Å²) in [5.74, 6) is 2.23. The highest BCUT2D eigenvalue weighted by Gasteiger charge is 2.27. The molecule has 1 amide bonds. The molecule has 1 aromatic carbocycles. The van der Waals surface area contributed by atoms with Crippen molar-refractivity contribution in [2.24, 2.45) is 13.0 Å². The van der Waals surface area contributed by atoms with Crippen LogP contribution in [0, 0.1) is 5.92 Å². The minimum atomic E-state index is -0.248. The summed E-state index contributed by atoms with van der Waals surface area (Å²) in [6.07, 6.45) is 2.75. The predicted octanol–water partition coefficient (Wildman–Crippen LogP) is 3.78. The van der Waals surface area contributed by atoms with Crippen LogP contribution >= 0.6 is 0 Å². The fourth-order valence-electron chi connectivity index (χ4n) is 4.40. The fraction of sp³-hybridized carbons (Fsp3) is 0.560. The van der Waals surface area contributed by atoms with Gasteiger partial charge in [-0.2, -0.15) is 0 Å². The van der Waals surface area contributed by atoms with E-state index >= 15 is 0 Å². The number of aromatic nitrogens is 4. The van der Waals surface area contributed by atoms with Gasteiger partial charge in [-0.1, -0.05) is 32.0 Å². The average molecular weight is 469 g/mol. The van der Waals surface area contributed by atoms with E-state index in [2.05, 4.69) is 75.6 Å². The molecule has 0 N–H and O–H groups in total. The number of piperazine rings is 1. The SMILES string of the molecule is CCOC(=O)N1CCN(c2nnc(-c3cn(C)c4ccccc34)n2CCCOCC(C)C)CC1. The first-order valence-corrected chi connectivity index (χ1v) is 12.2. The number of carbonyl (C=O) groups is 1. The molecule has 1 aliphatic rings. The van der Waals surface area contributed by atoms with E-state index in [0.29, 0.717) is 45.3 Å². The zero-order valence-electron chi connectivity index (χ0n) is 20.7. The Morgan fingerprint density at radius 2 is 1.88 bits per heavy atom. The third-order valence-corrected chi connectivity index (χ3v) is 6.08. The minimum Gasteiger partial charge on any atom is -0.450 e. The zero-order valence-corrected chi connectivity index (χ0v) is 20.7. The number of aryl methyl sites for hydroxylation is 1. The zero-order chi connectivity index (χ0) is 24.1. The van der Waals surface area contributed by atoms with Gasteiger partial charge in [0.15, 0.2) is 5.82 Å². The Hall–Kier alpha value is -3.07. The van der Waals surface area contributed by atoms with E-state index in [1.54, 1.807) is 4.90 Å². The number of amides is 1. The molecule has 34 heavy (non-hydrogen) atoms. The molecular formula is C25H36N6O3. The van der Waals surface area contributed by atoms with Crippen LogP contribution in [0.4, 0.5) is 10.7 Å². The second-order valence-corrected chi connectivity index (χ2v) is 9.14. The molecule has 0 radical (unpaired) electrons. The van der Waals surface area contributed by atoms with Gasteiger partial charge in [-0.3, -0.25) is 4.57 Å². The molecule has 0 saturated carbocycles. The van der Waals surface area contributed by atoms with Crippen molar-refractivity contribution >= 4 is 22.9 Å². The number of para-hydroxylation sites is 1. The van der Waals surface area contributed by atoms with Gasteiger partial charge in [-0.25, -0.2) is 4.79 Å². The number of benzene rings is 1. The molecule has 0 aliphatic carbocycles. The lowest BCUT2D eigenvalue weighted by Gasteiger charge is -2.34. The molecule has 2 aromatic heterocycles. The Kier molecular flexibility index (Phi) is 7.72. The largest absolute Gasteiger partial charge is 0.450 e. The predicted molar refractivity (Wildman–Crippen MR) is 133 cm³/mol. The van der Waals surface area contributed by atoms with E-state index in [-0.39, 0.29) is 6.09 Å². The lowest BCUT2D eigenvalue weighted by Crippen LogP contribution is -2.49. The van der Waals surface area contributed by atoms with Crippen molar-refractivity contribution in [2.75, 3.05) is 50.9 Å². The first-order chi connectivity index (χ1) is 16.5. The van der Waals surface area contributed by atoms with E-state index in [0.717, 1.165) is 47.8 Å². The van der Waals surface area contributed by atoms with E-state index in [1.807, 2.05) is 6.92 Å². The molecule has 0 bridgehead atoms. The maximum absolute atomic E-state index is 12.1. The van der Waals surface area contributed by atoms with Crippen molar-refractivity contribution in [3.8, 4) is 11.4 Å². The van der Waals surface area contributed by atoms with E-state index in [4.69, 9.17) is 9.47 Å². The Morgan fingerprint density at radius 3 is 2.62 bits per heavy atom. The normalized spacial score (nSPS) is 14.4. The van der Waals surface area contributed by atoms with Gasteiger partial charge in [0.25, 0.3) is 0 Å². The molecule has 9 heteroatoms. The minimum absolute atomic E-state index is 0.248. The second-order valence-electron chi connectivity index (χ2n) is 9.14. The summed E-state index contributed by atoms with van der Waals surface area (Å²) < 4.78 is 15.3. The van der Waals surface area contributed by atoms with Gasteiger partial charge < -0.3 is 23.8 Å². The van der Waals surface area contributed by atoms with Crippen molar-refractivity contribution in [1.29, 1.82) is 0 Å². The average Bonchev–Trinajstić information content (AvgIpc) is 3.40. The molecule has 1 fully saturated rings. The molecule has 3 aromatic rings. The molecule has 3 heterocycles. The van der Waals surface area contributed by atoms with Gasteiger partial charge in [-0.05, 0) is 25.3 Å². The maximum Gasteiger partial charge on any atom is 0.409 e. The van der Waals surface area contributed by atoms with Crippen LogP contribution in [-0.4, -0.2) is 76.3 Å². The quantitative estimate of drug-likeness (QED) is 0.445. The summed E-state index contributed by atoms with van der Waals surface area (Å²) in [5, 5.41) is 10.4. The topological polar surface area (TPSA) is 77.7 Å². The van der Waals surface area contributed by atoms with Gasteiger partial charge >= 0.3 is 6.09 Å². The second kappa shape index (κ2) is 10.9. The standard InChI is InChI=1S/C25H36N6O3/c1-5-34-25(32)30-14-12-29(13-15-30)24-27-26-23(31(24)11-8-16-33-18-19(2)3)21-17-28(4)22-10-7-6-9-20(21)22/h6-7,9-10,17,19H,5,8,11-16,18H2,1-4H3. The number of ether oxygens (including phenoxy) is 2. The van der Waals surface area contributed by atoms with Gasteiger partial charge in [-0.15, -0.1) is 10.2 Å².